The third-order valence-corrected chi connectivity index (χ3v) is 5.92. The highest BCUT2D eigenvalue weighted by atomic mass is 32.2. The fourth-order valence-corrected chi connectivity index (χ4v) is 3.97. The van der Waals surface area contributed by atoms with E-state index in [1.165, 1.54) is 18.2 Å². The average Bonchev–Trinajstić information content (AvgIpc) is 2.99. The Morgan fingerprint density at radius 3 is 2.23 bits per heavy atom. The Bertz CT molecular complexity index is 1230. The number of rotatable bonds is 6. The summed E-state index contributed by atoms with van der Waals surface area (Å²) in [7, 11) is -3.36. The van der Waals surface area contributed by atoms with Crippen LogP contribution in [-0.2, 0) is 25.8 Å². The van der Waals surface area contributed by atoms with Crippen molar-refractivity contribution in [3.63, 3.8) is 0 Å². The van der Waals surface area contributed by atoms with E-state index in [2.05, 4.69) is 0 Å². The molecule has 0 spiro atoms. The number of nitrogens with zero attached hydrogens (tertiary/aromatic N) is 1. The van der Waals surface area contributed by atoms with Gasteiger partial charge in [-0.05, 0) is 62.2 Å². The molecule has 0 fully saturated rings. The largest absolute Gasteiger partial charge is 0.463 e. The van der Waals surface area contributed by atoms with Crippen molar-refractivity contribution in [2.45, 2.75) is 38.2 Å². The molecule has 3 aromatic rings. The van der Waals surface area contributed by atoms with Gasteiger partial charge in [0.15, 0.2) is 21.5 Å². The molecule has 8 heteroatoms. The molecule has 0 bridgehead atoms. The van der Waals surface area contributed by atoms with Gasteiger partial charge < -0.3 is 9.30 Å². The molecule has 2 aromatic carbocycles. The SMILES string of the molecule is Cc1c(CC(=O)OC(C)C)cc(-c2ccc(S(C)(=O)=O)cc2)n1-c1ccc(F)c(F)c1. The number of ether oxygens (including phenoxy) is 1. The van der Waals surface area contributed by atoms with E-state index >= 15 is 0 Å². The molecule has 0 aliphatic carbocycles. The fourth-order valence-electron chi connectivity index (χ4n) is 3.34. The second-order valence-electron chi connectivity index (χ2n) is 7.59. The first-order valence-corrected chi connectivity index (χ1v) is 11.5. The molecular formula is C23H23F2NO4S. The molecule has 0 atom stereocenters. The molecule has 0 amide bonds. The lowest BCUT2D eigenvalue weighted by Crippen LogP contribution is -2.14. The number of esters is 1. The van der Waals surface area contributed by atoms with Crippen molar-refractivity contribution in [2.75, 3.05) is 6.26 Å². The summed E-state index contributed by atoms with van der Waals surface area (Å²) >= 11 is 0. The van der Waals surface area contributed by atoms with Gasteiger partial charge in [0.1, 0.15) is 0 Å². The Morgan fingerprint density at radius 2 is 1.68 bits per heavy atom. The number of carbonyl (C=O) groups is 1. The first-order chi connectivity index (χ1) is 14.5. The van der Waals surface area contributed by atoms with Crippen LogP contribution in [0.3, 0.4) is 0 Å². The number of sulfone groups is 1. The summed E-state index contributed by atoms with van der Waals surface area (Å²) in [4.78, 5) is 12.4. The number of halogens is 2. The van der Waals surface area contributed by atoms with Gasteiger partial charge in [0.05, 0.1) is 23.1 Å². The van der Waals surface area contributed by atoms with Crippen LogP contribution in [0.4, 0.5) is 8.78 Å². The van der Waals surface area contributed by atoms with Crippen molar-refractivity contribution < 1.29 is 26.7 Å². The van der Waals surface area contributed by atoms with Gasteiger partial charge in [0, 0.05) is 23.7 Å². The Balaban J connectivity index is 2.15. The maximum absolute atomic E-state index is 13.9. The van der Waals surface area contributed by atoms with Crippen LogP contribution in [-0.4, -0.2) is 31.3 Å². The molecule has 0 aliphatic heterocycles. The second-order valence-corrected chi connectivity index (χ2v) is 9.60. The fraction of sp³-hybridized carbons (Fsp3) is 0.261. The Kier molecular flexibility index (Phi) is 6.31. The smallest absolute Gasteiger partial charge is 0.310 e. The average molecular weight is 448 g/mol. The van der Waals surface area contributed by atoms with Crippen LogP contribution in [0.1, 0.15) is 25.1 Å². The number of hydrogen-bond acceptors (Lipinski definition) is 4. The minimum Gasteiger partial charge on any atom is -0.463 e. The highest BCUT2D eigenvalue weighted by Gasteiger charge is 2.19. The summed E-state index contributed by atoms with van der Waals surface area (Å²) < 4.78 is 57.9. The molecule has 0 saturated heterocycles. The number of hydrogen-bond donors (Lipinski definition) is 0. The van der Waals surface area contributed by atoms with E-state index in [0.29, 0.717) is 28.2 Å². The van der Waals surface area contributed by atoms with Gasteiger partial charge in [-0.2, -0.15) is 0 Å². The lowest BCUT2D eigenvalue weighted by Gasteiger charge is -2.13. The van der Waals surface area contributed by atoms with Crippen molar-refractivity contribution in [3.8, 4) is 16.9 Å². The molecule has 0 saturated carbocycles. The van der Waals surface area contributed by atoms with Crippen molar-refractivity contribution in [1.29, 1.82) is 0 Å². The highest BCUT2D eigenvalue weighted by Crippen LogP contribution is 2.31. The second kappa shape index (κ2) is 8.63. The van der Waals surface area contributed by atoms with E-state index in [9.17, 15) is 22.0 Å². The third-order valence-electron chi connectivity index (χ3n) is 4.79. The standard InChI is InChI=1S/C23H23F2NO4S/c1-14(2)30-23(27)12-17-11-22(16-5-8-19(9-6-16)31(4,28)29)26(15(17)3)18-7-10-20(24)21(25)13-18/h5-11,13-14H,12H2,1-4H3. The van der Waals surface area contributed by atoms with Crippen molar-refractivity contribution >= 4 is 15.8 Å². The summed E-state index contributed by atoms with van der Waals surface area (Å²) in [5, 5.41) is 0. The molecule has 31 heavy (non-hydrogen) atoms. The van der Waals surface area contributed by atoms with Gasteiger partial charge in [-0.1, -0.05) is 12.1 Å². The molecule has 5 nitrogen and oxygen atoms in total. The van der Waals surface area contributed by atoms with Crippen LogP contribution < -0.4 is 0 Å². The van der Waals surface area contributed by atoms with Gasteiger partial charge in [-0.3, -0.25) is 4.79 Å². The van der Waals surface area contributed by atoms with Crippen LogP contribution in [0.2, 0.25) is 0 Å². The first-order valence-electron chi connectivity index (χ1n) is 9.64. The Labute approximate surface area is 180 Å². The van der Waals surface area contributed by atoms with E-state index in [0.717, 1.165) is 18.4 Å². The molecular weight excluding hydrogens is 424 g/mol. The Morgan fingerprint density at radius 1 is 1.03 bits per heavy atom. The molecule has 1 aromatic heterocycles. The van der Waals surface area contributed by atoms with Gasteiger partial charge in [0.2, 0.25) is 0 Å². The molecule has 3 rings (SSSR count). The summed E-state index contributed by atoms with van der Waals surface area (Å²) in [5.74, 6) is -2.36. The maximum Gasteiger partial charge on any atom is 0.310 e. The third kappa shape index (κ3) is 5.02. The molecule has 0 aliphatic rings. The lowest BCUT2D eigenvalue weighted by atomic mass is 10.1. The van der Waals surface area contributed by atoms with Crippen LogP contribution in [0, 0.1) is 18.6 Å². The number of aromatic nitrogens is 1. The van der Waals surface area contributed by atoms with Crippen LogP contribution in [0.25, 0.3) is 16.9 Å². The van der Waals surface area contributed by atoms with Gasteiger partial charge in [-0.25, -0.2) is 17.2 Å². The zero-order chi connectivity index (χ0) is 22.9. The Hall–Kier alpha value is -3.00. The quantitative estimate of drug-likeness (QED) is 0.517. The first kappa shape index (κ1) is 22.7. The highest BCUT2D eigenvalue weighted by molar-refractivity contribution is 7.90. The van der Waals surface area contributed by atoms with Crippen molar-refractivity contribution in [3.05, 3.63) is 71.4 Å². The predicted octanol–water partition coefficient (Wildman–Crippen LogP) is 4.63. The topological polar surface area (TPSA) is 65.4 Å². The van der Waals surface area contributed by atoms with E-state index < -0.39 is 27.4 Å². The number of benzene rings is 2. The number of carbonyl (C=O) groups excluding carboxylic acids is 1. The summed E-state index contributed by atoms with van der Waals surface area (Å²) in [6.07, 6.45) is 0.869. The molecule has 0 unspecified atom stereocenters. The zero-order valence-corrected chi connectivity index (χ0v) is 18.5. The van der Waals surface area contributed by atoms with Crippen molar-refractivity contribution in [1.82, 2.24) is 4.57 Å². The van der Waals surface area contributed by atoms with Crippen LogP contribution >= 0.6 is 0 Å². The molecule has 0 N–H and O–H groups in total. The minimum absolute atomic E-state index is 0.00904. The van der Waals surface area contributed by atoms with Crippen LogP contribution in [0.5, 0.6) is 0 Å². The minimum atomic E-state index is -3.36. The van der Waals surface area contributed by atoms with E-state index in [1.54, 1.807) is 43.5 Å². The normalized spacial score (nSPS) is 11.7. The monoisotopic (exact) mass is 447 g/mol. The lowest BCUT2D eigenvalue weighted by molar-refractivity contribution is -0.146. The van der Waals surface area contributed by atoms with Gasteiger partial charge >= 0.3 is 5.97 Å². The molecule has 164 valence electrons. The summed E-state index contributed by atoms with van der Waals surface area (Å²) in [6, 6.07) is 11.6. The maximum atomic E-state index is 13.9. The van der Waals surface area contributed by atoms with E-state index in [1.807, 2.05) is 0 Å². The van der Waals surface area contributed by atoms with Crippen molar-refractivity contribution in [2.24, 2.45) is 0 Å². The predicted molar refractivity (Wildman–Crippen MR) is 114 cm³/mol. The molecule has 0 radical (unpaired) electrons. The van der Waals surface area contributed by atoms with E-state index in [-0.39, 0.29) is 17.4 Å². The van der Waals surface area contributed by atoms with Gasteiger partial charge in [-0.15, -0.1) is 0 Å². The zero-order valence-electron chi connectivity index (χ0n) is 17.6. The van der Waals surface area contributed by atoms with Crippen LogP contribution in [0.15, 0.2) is 53.4 Å². The summed E-state index contributed by atoms with van der Waals surface area (Å²) in [6.45, 7) is 5.28. The summed E-state index contributed by atoms with van der Waals surface area (Å²) in [5.41, 5.74) is 2.97. The van der Waals surface area contributed by atoms with E-state index in [4.69, 9.17) is 4.74 Å². The van der Waals surface area contributed by atoms with Gasteiger partial charge in [0.25, 0.3) is 0 Å². The molecule has 1 heterocycles.